The summed E-state index contributed by atoms with van der Waals surface area (Å²) in [5.41, 5.74) is 7.62. The molecule has 1 aromatic carbocycles. The monoisotopic (exact) mass is 257 g/mol. The molecule has 0 bridgehead atoms. The van der Waals surface area contributed by atoms with Gasteiger partial charge in [-0.2, -0.15) is 0 Å². The first-order valence-corrected chi connectivity index (χ1v) is 5.57. The fraction of sp³-hybridized carbons (Fsp3) is 0.455. The molecule has 0 aliphatic heterocycles. The number of phenolic OH excluding ortho intramolecular Hbond substituents is 1. The first-order valence-electron chi connectivity index (χ1n) is 4.77. The van der Waals surface area contributed by atoms with Gasteiger partial charge in [-0.1, -0.05) is 19.9 Å². The molecule has 0 aliphatic carbocycles. The number of aromatic hydroxyl groups is 1. The van der Waals surface area contributed by atoms with Crippen molar-refractivity contribution in [2.75, 3.05) is 6.54 Å². The molecular formula is C11H16BrNO. The van der Waals surface area contributed by atoms with E-state index in [9.17, 15) is 5.11 Å². The van der Waals surface area contributed by atoms with Crippen LogP contribution in [0.15, 0.2) is 16.6 Å². The summed E-state index contributed by atoms with van der Waals surface area (Å²) in [5.74, 6) is 0.781. The Labute approximate surface area is 93.3 Å². The molecule has 0 spiro atoms. The van der Waals surface area contributed by atoms with E-state index >= 15 is 0 Å². The summed E-state index contributed by atoms with van der Waals surface area (Å²) in [7, 11) is 0. The van der Waals surface area contributed by atoms with E-state index in [-0.39, 0.29) is 0 Å². The van der Waals surface area contributed by atoms with Crippen LogP contribution in [0.1, 0.15) is 30.9 Å². The Bertz CT molecular complexity index is 323. The highest BCUT2D eigenvalue weighted by atomic mass is 79.9. The maximum Gasteiger partial charge on any atom is 0.133 e. The van der Waals surface area contributed by atoms with Crippen LogP contribution in [0, 0.1) is 0 Å². The Morgan fingerprint density at radius 1 is 1.43 bits per heavy atom. The second-order valence-electron chi connectivity index (χ2n) is 3.70. The second kappa shape index (κ2) is 4.80. The van der Waals surface area contributed by atoms with Gasteiger partial charge in [0.25, 0.3) is 0 Å². The Hall–Kier alpha value is -0.540. The van der Waals surface area contributed by atoms with Crippen molar-refractivity contribution in [1.82, 2.24) is 0 Å². The van der Waals surface area contributed by atoms with Crippen molar-refractivity contribution in [3.05, 3.63) is 27.7 Å². The van der Waals surface area contributed by atoms with E-state index in [0.717, 1.165) is 10.0 Å². The Balaban J connectivity index is 3.14. The summed E-state index contributed by atoms with van der Waals surface area (Å²) < 4.78 is 0.757. The van der Waals surface area contributed by atoms with Gasteiger partial charge in [-0.05, 0) is 52.0 Å². The molecule has 2 nitrogen and oxygen atoms in total. The highest BCUT2D eigenvalue weighted by molar-refractivity contribution is 9.10. The van der Waals surface area contributed by atoms with Crippen LogP contribution in [-0.2, 0) is 6.42 Å². The molecule has 14 heavy (non-hydrogen) atoms. The smallest absolute Gasteiger partial charge is 0.133 e. The number of rotatable bonds is 3. The maximum absolute atomic E-state index is 9.73. The lowest BCUT2D eigenvalue weighted by Gasteiger charge is -2.11. The molecule has 0 atom stereocenters. The van der Waals surface area contributed by atoms with Crippen molar-refractivity contribution in [2.24, 2.45) is 5.73 Å². The topological polar surface area (TPSA) is 46.2 Å². The predicted octanol–water partition coefficient (Wildman–Crippen LogP) is 2.78. The van der Waals surface area contributed by atoms with Gasteiger partial charge in [-0.3, -0.25) is 0 Å². The zero-order chi connectivity index (χ0) is 10.7. The van der Waals surface area contributed by atoms with Gasteiger partial charge in [0, 0.05) is 0 Å². The molecule has 0 aliphatic rings. The first-order chi connectivity index (χ1) is 6.56. The minimum absolute atomic E-state index is 0.319. The molecule has 1 aromatic rings. The van der Waals surface area contributed by atoms with Crippen LogP contribution in [0.25, 0.3) is 0 Å². The van der Waals surface area contributed by atoms with Gasteiger partial charge in [0.1, 0.15) is 5.75 Å². The van der Waals surface area contributed by atoms with E-state index in [1.807, 2.05) is 12.1 Å². The van der Waals surface area contributed by atoms with Gasteiger partial charge in [0.2, 0.25) is 0 Å². The van der Waals surface area contributed by atoms with E-state index in [4.69, 9.17) is 5.73 Å². The molecule has 78 valence electrons. The molecule has 0 aromatic heterocycles. The molecule has 0 amide bonds. The van der Waals surface area contributed by atoms with Crippen molar-refractivity contribution in [3.8, 4) is 5.75 Å². The molecule has 0 fully saturated rings. The van der Waals surface area contributed by atoms with Crippen LogP contribution in [0.3, 0.4) is 0 Å². The number of hydrogen-bond donors (Lipinski definition) is 2. The molecular weight excluding hydrogens is 242 g/mol. The van der Waals surface area contributed by atoms with Crippen LogP contribution in [0.4, 0.5) is 0 Å². The third kappa shape index (κ3) is 2.49. The lowest BCUT2D eigenvalue weighted by atomic mass is 9.99. The average molecular weight is 258 g/mol. The highest BCUT2D eigenvalue weighted by Crippen LogP contribution is 2.32. The van der Waals surface area contributed by atoms with Gasteiger partial charge in [-0.15, -0.1) is 0 Å². The average Bonchev–Trinajstić information content (AvgIpc) is 2.12. The Kier molecular flexibility index (Phi) is 3.96. The number of halogens is 1. The van der Waals surface area contributed by atoms with E-state index < -0.39 is 0 Å². The molecule has 0 unspecified atom stereocenters. The van der Waals surface area contributed by atoms with Gasteiger partial charge >= 0.3 is 0 Å². The van der Waals surface area contributed by atoms with E-state index in [1.54, 1.807) is 0 Å². The lowest BCUT2D eigenvalue weighted by Crippen LogP contribution is -2.04. The molecule has 0 saturated carbocycles. The van der Waals surface area contributed by atoms with Crippen LogP contribution in [0.2, 0.25) is 0 Å². The molecule has 0 saturated heterocycles. The summed E-state index contributed by atoms with van der Waals surface area (Å²) in [4.78, 5) is 0. The molecule has 1 rings (SSSR count). The van der Waals surface area contributed by atoms with Crippen LogP contribution < -0.4 is 5.73 Å². The van der Waals surface area contributed by atoms with E-state index in [0.29, 0.717) is 24.6 Å². The summed E-state index contributed by atoms with van der Waals surface area (Å²) in [6, 6.07) is 3.98. The van der Waals surface area contributed by atoms with Crippen molar-refractivity contribution in [3.63, 3.8) is 0 Å². The van der Waals surface area contributed by atoms with Crippen LogP contribution >= 0.6 is 15.9 Å². The molecule has 0 radical (unpaired) electrons. The third-order valence-electron chi connectivity index (χ3n) is 2.25. The fourth-order valence-electron chi connectivity index (χ4n) is 1.36. The quantitative estimate of drug-likeness (QED) is 0.875. The first kappa shape index (κ1) is 11.5. The highest BCUT2D eigenvalue weighted by Gasteiger charge is 2.09. The summed E-state index contributed by atoms with van der Waals surface area (Å²) >= 11 is 3.34. The SMILES string of the molecule is CC(C)c1cc(Br)c(O)c(CCN)c1. The minimum atomic E-state index is 0.319. The number of hydrogen-bond acceptors (Lipinski definition) is 2. The van der Waals surface area contributed by atoms with Crippen molar-refractivity contribution in [2.45, 2.75) is 26.2 Å². The van der Waals surface area contributed by atoms with Gasteiger partial charge in [0.05, 0.1) is 4.47 Å². The second-order valence-corrected chi connectivity index (χ2v) is 4.56. The van der Waals surface area contributed by atoms with Crippen molar-refractivity contribution >= 4 is 15.9 Å². The maximum atomic E-state index is 9.73. The summed E-state index contributed by atoms with van der Waals surface area (Å²) in [5, 5.41) is 9.73. The number of nitrogens with two attached hydrogens (primary N) is 1. The minimum Gasteiger partial charge on any atom is -0.506 e. The van der Waals surface area contributed by atoms with Crippen LogP contribution in [0.5, 0.6) is 5.75 Å². The zero-order valence-corrected chi connectivity index (χ0v) is 10.1. The standard InChI is InChI=1S/C11H16BrNO/c1-7(2)9-5-8(3-4-13)11(14)10(12)6-9/h5-7,14H,3-4,13H2,1-2H3. The molecule has 3 N–H and O–H groups in total. The van der Waals surface area contributed by atoms with E-state index in [1.165, 1.54) is 5.56 Å². The molecule has 3 heteroatoms. The van der Waals surface area contributed by atoms with E-state index in [2.05, 4.69) is 29.8 Å². The lowest BCUT2D eigenvalue weighted by molar-refractivity contribution is 0.464. The number of benzene rings is 1. The number of phenols is 1. The fourth-order valence-corrected chi connectivity index (χ4v) is 1.88. The summed E-state index contributed by atoms with van der Waals surface area (Å²) in [6.45, 7) is 4.82. The predicted molar refractivity (Wildman–Crippen MR) is 62.7 cm³/mol. The Morgan fingerprint density at radius 3 is 2.57 bits per heavy atom. The van der Waals surface area contributed by atoms with Gasteiger partial charge in [0.15, 0.2) is 0 Å². The Morgan fingerprint density at radius 2 is 2.07 bits per heavy atom. The molecule has 0 heterocycles. The zero-order valence-electron chi connectivity index (χ0n) is 8.55. The van der Waals surface area contributed by atoms with Crippen molar-refractivity contribution in [1.29, 1.82) is 0 Å². The van der Waals surface area contributed by atoms with Crippen LogP contribution in [-0.4, -0.2) is 11.7 Å². The third-order valence-corrected chi connectivity index (χ3v) is 2.85. The van der Waals surface area contributed by atoms with Crippen molar-refractivity contribution < 1.29 is 5.11 Å². The normalized spacial score (nSPS) is 10.9. The largest absolute Gasteiger partial charge is 0.506 e. The van der Waals surface area contributed by atoms with Gasteiger partial charge < -0.3 is 10.8 Å². The van der Waals surface area contributed by atoms with Gasteiger partial charge in [-0.25, -0.2) is 0 Å². The summed E-state index contributed by atoms with van der Waals surface area (Å²) in [6.07, 6.45) is 0.713.